The molecule has 0 spiro atoms. The summed E-state index contributed by atoms with van der Waals surface area (Å²) in [4.78, 5) is 16.2. The van der Waals surface area contributed by atoms with E-state index in [0.717, 1.165) is 12.2 Å². The molecule has 110 valence electrons. The number of carbonyl (C=O) groups is 1. The molecule has 4 nitrogen and oxygen atoms in total. The zero-order valence-corrected chi connectivity index (χ0v) is 11.4. The van der Waals surface area contributed by atoms with Crippen LogP contribution in [0.3, 0.4) is 0 Å². The van der Waals surface area contributed by atoms with Gasteiger partial charge < -0.3 is 9.88 Å². The summed E-state index contributed by atoms with van der Waals surface area (Å²) in [6.07, 6.45) is 4.80. The summed E-state index contributed by atoms with van der Waals surface area (Å²) in [5.41, 5.74) is 0.908. The van der Waals surface area contributed by atoms with Gasteiger partial charge in [0.1, 0.15) is 11.6 Å². The van der Waals surface area contributed by atoms with Crippen molar-refractivity contribution in [2.75, 3.05) is 0 Å². The Morgan fingerprint density at radius 1 is 1.38 bits per heavy atom. The van der Waals surface area contributed by atoms with E-state index < -0.39 is 11.6 Å². The molecule has 0 radical (unpaired) electrons. The summed E-state index contributed by atoms with van der Waals surface area (Å²) in [5, 5.41) is 2.62. The first-order valence-electron chi connectivity index (χ1n) is 6.85. The highest BCUT2D eigenvalue weighted by molar-refractivity contribution is 5.79. The van der Waals surface area contributed by atoms with Crippen molar-refractivity contribution in [2.24, 2.45) is 5.92 Å². The van der Waals surface area contributed by atoms with E-state index in [9.17, 15) is 13.6 Å². The van der Waals surface area contributed by atoms with Crippen molar-refractivity contribution in [2.45, 2.75) is 25.9 Å². The quantitative estimate of drug-likeness (QED) is 0.940. The number of benzene rings is 1. The number of aryl methyl sites for hydroxylation is 1. The molecule has 1 aliphatic rings. The van der Waals surface area contributed by atoms with Gasteiger partial charge in [0.15, 0.2) is 0 Å². The number of halogens is 2. The number of fused-ring (bicyclic) bond motifs is 1. The Balaban J connectivity index is 1.63. The molecule has 1 atom stereocenters. The van der Waals surface area contributed by atoms with E-state index in [1.54, 1.807) is 12.5 Å². The van der Waals surface area contributed by atoms with Crippen LogP contribution < -0.4 is 5.32 Å². The number of nitrogens with one attached hydrogen (secondary N) is 1. The number of aromatic nitrogens is 2. The molecule has 0 saturated heterocycles. The Kier molecular flexibility index (Phi) is 3.68. The van der Waals surface area contributed by atoms with Gasteiger partial charge in [0.05, 0.1) is 6.33 Å². The van der Waals surface area contributed by atoms with Crippen LogP contribution in [0.1, 0.15) is 17.7 Å². The summed E-state index contributed by atoms with van der Waals surface area (Å²) >= 11 is 0. The van der Waals surface area contributed by atoms with Crippen molar-refractivity contribution >= 4 is 5.91 Å². The summed E-state index contributed by atoms with van der Waals surface area (Å²) in [7, 11) is 0. The van der Waals surface area contributed by atoms with Crippen LogP contribution in [0.15, 0.2) is 30.7 Å². The van der Waals surface area contributed by atoms with Gasteiger partial charge in [0.25, 0.3) is 0 Å². The number of nitrogens with zero attached hydrogens (tertiary/aromatic N) is 2. The number of hydrogen-bond donors (Lipinski definition) is 1. The SMILES string of the molecule is O=C(NCc1c(F)cccc1F)C1CCn2cncc2C1. The third-order valence-electron chi connectivity index (χ3n) is 3.84. The monoisotopic (exact) mass is 291 g/mol. The number of amides is 1. The van der Waals surface area contributed by atoms with E-state index in [4.69, 9.17) is 0 Å². The van der Waals surface area contributed by atoms with Gasteiger partial charge in [-0.25, -0.2) is 13.8 Å². The summed E-state index contributed by atoms with van der Waals surface area (Å²) in [5.74, 6) is -1.64. The fourth-order valence-corrected chi connectivity index (χ4v) is 2.61. The van der Waals surface area contributed by atoms with Crippen molar-refractivity contribution in [3.05, 3.63) is 53.6 Å². The van der Waals surface area contributed by atoms with Crippen molar-refractivity contribution in [3.8, 4) is 0 Å². The van der Waals surface area contributed by atoms with E-state index in [1.165, 1.54) is 18.2 Å². The van der Waals surface area contributed by atoms with Gasteiger partial charge in [-0.05, 0) is 18.6 Å². The Morgan fingerprint density at radius 2 is 2.14 bits per heavy atom. The standard InChI is InChI=1S/C15H15F2N3O/c16-13-2-1-3-14(17)12(13)8-19-15(21)10-4-5-20-9-18-7-11(20)6-10/h1-3,7,9-10H,4-6,8H2,(H,19,21). The average molecular weight is 291 g/mol. The topological polar surface area (TPSA) is 46.9 Å². The van der Waals surface area contributed by atoms with Crippen LogP contribution in [0.4, 0.5) is 8.78 Å². The highest BCUT2D eigenvalue weighted by Gasteiger charge is 2.25. The second-order valence-electron chi connectivity index (χ2n) is 5.19. The van der Waals surface area contributed by atoms with Gasteiger partial charge >= 0.3 is 0 Å². The zero-order chi connectivity index (χ0) is 14.8. The maximum Gasteiger partial charge on any atom is 0.223 e. The van der Waals surface area contributed by atoms with Crippen LogP contribution in [0.2, 0.25) is 0 Å². The number of rotatable bonds is 3. The van der Waals surface area contributed by atoms with Crippen LogP contribution >= 0.6 is 0 Å². The minimum atomic E-state index is -0.642. The number of hydrogen-bond acceptors (Lipinski definition) is 2. The molecule has 0 fully saturated rings. The molecule has 21 heavy (non-hydrogen) atoms. The Labute approximate surface area is 120 Å². The Bertz CT molecular complexity index is 648. The van der Waals surface area contributed by atoms with E-state index in [0.29, 0.717) is 12.8 Å². The number of imidazole rings is 1. The normalized spacial score (nSPS) is 17.3. The second-order valence-corrected chi connectivity index (χ2v) is 5.19. The van der Waals surface area contributed by atoms with Crippen LogP contribution in [-0.2, 0) is 24.3 Å². The third kappa shape index (κ3) is 2.79. The first-order valence-corrected chi connectivity index (χ1v) is 6.85. The molecule has 2 aromatic rings. The molecule has 1 N–H and O–H groups in total. The maximum atomic E-state index is 13.5. The first kappa shape index (κ1) is 13.7. The minimum Gasteiger partial charge on any atom is -0.352 e. The average Bonchev–Trinajstić information content (AvgIpc) is 2.93. The largest absolute Gasteiger partial charge is 0.352 e. The Morgan fingerprint density at radius 3 is 2.90 bits per heavy atom. The summed E-state index contributed by atoms with van der Waals surface area (Å²) in [6.45, 7) is 0.606. The van der Waals surface area contributed by atoms with Gasteiger partial charge in [0.2, 0.25) is 5.91 Å². The molecule has 1 unspecified atom stereocenters. The van der Waals surface area contributed by atoms with Crippen LogP contribution in [0.25, 0.3) is 0 Å². The fourth-order valence-electron chi connectivity index (χ4n) is 2.61. The molecule has 1 aromatic carbocycles. The predicted octanol–water partition coefficient (Wildman–Crippen LogP) is 2.04. The van der Waals surface area contributed by atoms with Gasteiger partial charge in [-0.3, -0.25) is 4.79 Å². The van der Waals surface area contributed by atoms with E-state index in [2.05, 4.69) is 10.3 Å². The van der Waals surface area contributed by atoms with Crippen LogP contribution in [0.5, 0.6) is 0 Å². The third-order valence-corrected chi connectivity index (χ3v) is 3.84. The lowest BCUT2D eigenvalue weighted by Crippen LogP contribution is -2.35. The molecule has 3 rings (SSSR count). The zero-order valence-electron chi connectivity index (χ0n) is 11.4. The molecule has 0 aliphatic carbocycles. The molecule has 1 aromatic heterocycles. The number of carbonyl (C=O) groups excluding carboxylic acids is 1. The molecule has 0 bridgehead atoms. The molecular weight excluding hydrogens is 276 g/mol. The molecule has 0 saturated carbocycles. The van der Waals surface area contributed by atoms with Crippen molar-refractivity contribution in [3.63, 3.8) is 0 Å². The van der Waals surface area contributed by atoms with Crippen molar-refractivity contribution in [1.82, 2.24) is 14.9 Å². The van der Waals surface area contributed by atoms with Crippen LogP contribution in [0, 0.1) is 17.6 Å². The molecular formula is C15H15F2N3O. The lowest BCUT2D eigenvalue weighted by Gasteiger charge is -2.23. The molecule has 6 heteroatoms. The Hall–Kier alpha value is -2.24. The predicted molar refractivity (Wildman–Crippen MR) is 72.2 cm³/mol. The molecule has 1 amide bonds. The van der Waals surface area contributed by atoms with Crippen molar-refractivity contribution in [1.29, 1.82) is 0 Å². The molecule has 2 heterocycles. The maximum absolute atomic E-state index is 13.5. The van der Waals surface area contributed by atoms with Gasteiger partial charge in [-0.2, -0.15) is 0 Å². The van der Waals surface area contributed by atoms with E-state index >= 15 is 0 Å². The van der Waals surface area contributed by atoms with Crippen molar-refractivity contribution < 1.29 is 13.6 Å². The molecule has 1 aliphatic heterocycles. The smallest absolute Gasteiger partial charge is 0.223 e. The second kappa shape index (κ2) is 5.63. The highest BCUT2D eigenvalue weighted by atomic mass is 19.1. The summed E-state index contributed by atoms with van der Waals surface area (Å²) in [6, 6.07) is 3.67. The minimum absolute atomic E-state index is 0.105. The lowest BCUT2D eigenvalue weighted by atomic mass is 9.95. The fraction of sp³-hybridized carbons (Fsp3) is 0.333. The van der Waals surface area contributed by atoms with E-state index in [1.807, 2.05) is 4.57 Å². The lowest BCUT2D eigenvalue weighted by molar-refractivity contribution is -0.125. The van der Waals surface area contributed by atoms with Gasteiger partial charge in [-0.1, -0.05) is 6.07 Å². The highest BCUT2D eigenvalue weighted by Crippen LogP contribution is 2.20. The van der Waals surface area contributed by atoms with E-state index in [-0.39, 0.29) is 23.9 Å². The van der Waals surface area contributed by atoms with Gasteiger partial charge in [0, 0.05) is 42.9 Å². The first-order chi connectivity index (χ1) is 10.1. The summed E-state index contributed by atoms with van der Waals surface area (Å²) < 4.78 is 29.0. The van der Waals surface area contributed by atoms with Crippen LogP contribution in [-0.4, -0.2) is 15.5 Å². The van der Waals surface area contributed by atoms with Gasteiger partial charge in [-0.15, -0.1) is 0 Å².